The molecule has 1 aromatic carbocycles. The van der Waals surface area contributed by atoms with Crippen LogP contribution in [0.25, 0.3) is 0 Å². The maximum atomic E-state index is 12.1. The lowest BCUT2D eigenvalue weighted by molar-refractivity contribution is 0.0954. The van der Waals surface area contributed by atoms with E-state index in [2.05, 4.69) is 42.9 Å². The SMILES string of the molecule is C=CCNC(=O)c1cccnc1Sc1ccc(C)c(C)c1. The van der Waals surface area contributed by atoms with E-state index in [9.17, 15) is 4.79 Å². The maximum Gasteiger partial charge on any atom is 0.254 e. The Bertz CT molecular complexity index is 668. The first-order valence-electron chi connectivity index (χ1n) is 6.71. The number of aryl methyl sites for hydroxylation is 2. The van der Waals surface area contributed by atoms with Crippen molar-refractivity contribution >= 4 is 17.7 Å². The molecular formula is C17H18N2OS. The van der Waals surface area contributed by atoms with Crippen LogP contribution in [0.3, 0.4) is 0 Å². The van der Waals surface area contributed by atoms with Gasteiger partial charge in [-0.15, -0.1) is 6.58 Å². The lowest BCUT2D eigenvalue weighted by atomic mass is 10.1. The zero-order valence-electron chi connectivity index (χ0n) is 12.2. The standard InChI is InChI=1S/C17H18N2OS/c1-4-9-18-16(20)15-6-5-10-19-17(15)21-14-8-7-12(2)13(3)11-14/h4-8,10-11H,1,9H2,2-3H3,(H,18,20). The zero-order chi connectivity index (χ0) is 15.2. The molecule has 1 aromatic heterocycles. The van der Waals surface area contributed by atoms with E-state index >= 15 is 0 Å². The Morgan fingerprint density at radius 3 is 2.86 bits per heavy atom. The molecule has 0 fully saturated rings. The number of pyridine rings is 1. The molecule has 3 nitrogen and oxygen atoms in total. The third-order valence-electron chi connectivity index (χ3n) is 3.12. The molecule has 0 bridgehead atoms. The van der Waals surface area contributed by atoms with Gasteiger partial charge in [0.2, 0.25) is 0 Å². The number of nitrogens with one attached hydrogen (secondary N) is 1. The van der Waals surface area contributed by atoms with Crippen LogP contribution in [0.15, 0.2) is 59.1 Å². The summed E-state index contributed by atoms with van der Waals surface area (Å²) >= 11 is 1.50. The van der Waals surface area contributed by atoms with Crippen LogP contribution in [0, 0.1) is 13.8 Å². The van der Waals surface area contributed by atoms with Gasteiger partial charge in [-0.2, -0.15) is 0 Å². The van der Waals surface area contributed by atoms with E-state index in [1.165, 1.54) is 22.9 Å². The van der Waals surface area contributed by atoms with Crippen LogP contribution in [0.4, 0.5) is 0 Å². The van der Waals surface area contributed by atoms with Crippen LogP contribution in [-0.2, 0) is 0 Å². The fourth-order valence-corrected chi connectivity index (χ4v) is 2.77. The van der Waals surface area contributed by atoms with Crippen molar-refractivity contribution in [1.29, 1.82) is 0 Å². The van der Waals surface area contributed by atoms with Gasteiger partial charge in [0, 0.05) is 17.6 Å². The van der Waals surface area contributed by atoms with E-state index in [-0.39, 0.29) is 5.91 Å². The summed E-state index contributed by atoms with van der Waals surface area (Å²) in [5.74, 6) is -0.130. The number of aromatic nitrogens is 1. The van der Waals surface area contributed by atoms with Gasteiger partial charge >= 0.3 is 0 Å². The maximum absolute atomic E-state index is 12.1. The summed E-state index contributed by atoms with van der Waals surface area (Å²) in [5.41, 5.74) is 3.07. The smallest absolute Gasteiger partial charge is 0.254 e. The van der Waals surface area contributed by atoms with E-state index in [0.717, 1.165) is 4.90 Å². The van der Waals surface area contributed by atoms with Crippen molar-refractivity contribution in [3.05, 3.63) is 65.9 Å². The Morgan fingerprint density at radius 1 is 1.33 bits per heavy atom. The quantitative estimate of drug-likeness (QED) is 0.854. The molecule has 1 amide bonds. The molecule has 4 heteroatoms. The summed E-state index contributed by atoms with van der Waals surface area (Å²) in [6.45, 7) is 8.21. The molecule has 2 rings (SSSR count). The topological polar surface area (TPSA) is 42.0 Å². The molecule has 0 saturated carbocycles. The van der Waals surface area contributed by atoms with E-state index in [1.807, 2.05) is 6.07 Å². The lowest BCUT2D eigenvalue weighted by Crippen LogP contribution is -2.24. The number of amides is 1. The molecule has 0 spiro atoms. The molecule has 108 valence electrons. The van der Waals surface area contributed by atoms with Crippen molar-refractivity contribution in [2.75, 3.05) is 6.54 Å². The Balaban J connectivity index is 2.25. The van der Waals surface area contributed by atoms with E-state index in [0.29, 0.717) is 17.1 Å². The van der Waals surface area contributed by atoms with Crippen molar-refractivity contribution < 1.29 is 4.79 Å². The molecule has 0 aliphatic rings. The number of hydrogen-bond acceptors (Lipinski definition) is 3. The molecular weight excluding hydrogens is 280 g/mol. The number of carbonyl (C=O) groups excluding carboxylic acids is 1. The van der Waals surface area contributed by atoms with Crippen LogP contribution in [0.5, 0.6) is 0 Å². The first kappa shape index (κ1) is 15.3. The monoisotopic (exact) mass is 298 g/mol. The van der Waals surface area contributed by atoms with Crippen molar-refractivity contribution in [3.63, 3.8) is 0 Å². The van der Waals surface area contributed by atoms with Gasteiger partial charge < -0.3 is 5.32 Å². The Hall–Kier alpha value is -2.07. The van der Waals surface area contributed by atoms with Crippen LogP contribution in [-0.4, -0.2) is 17.4 Å². The summed E-state index contributed by atoms with van der Waals surface area (Å²) in [5, 5.41) is 3.50. The summed E-state index contributed by atoms with van der Waals surface area (Å²) in [4.78, 5) is 17.5. The molecule has 0 unspecified atom stereocenters. The van der Waals surface area contributed by atoms with E-state index in [4.69, 9.17) is 0 Å². The van der Waals surface area contributed by atoms with E-state index < -0.39 is 0 Å². The zero-order valence-corrected chi connectivity index (χ0v) is 13.0. The second kappa shape index (κ2) is 7.09. The van der Waals surface area contributed by atoms with Crippen molar-refractivity contribution in [2.24, 2.45) is 0 Å². The summed E-state index contributed by atoms with van der Waals surface area (Å²) in [6, 6.07) is 9.80. The number of hydrogen-bond donors (Lipinski definition) is 1. The highest BCUT2D eigenvalue weighted by molar-refractivity contribution is 7.99. The number of benzene rings is 1. The first-order valence-corrected chi connectivity index (χ1v) is 7.52. The average molecular weight is 298 g/mol. The minimum absolute atomic E-state index is 0.130. The lowest BCUT2D eigenvalue weighted by Gasteiger charge is -2.09. The van der Waals surface area contributed by atoms with Crippen LogP contribution >= 0.6 is 11.8 Å². The highest BCUT2D eigenvalue weighted by atomic mass is 32.2. The van der Waals surface area contributed by atoms with Crippen LogP contribution in [0.1, 0.15) is 21.5 Å². The van der Waals surface area contributed by atoms with Gasteiger partial charge in [-0.25, -0.2) is 4.98 Å². The van der Waals surface area contributed by atoms with Gasteiger partial charge in [-0.3, -0.25) is 4.79 Å². The first-order chi connectivity index (χ1) is 10.1. The highest BCUT2D eigenvalue weighted by Gasteiger charge is 2.12. The summed E-state index contributed by atoms with van der Waals surface area (Å²) in [7, 11) is 0. The molecule has 0 atom stereocenters. The molecule has 0 radical (unpaired) electrons. The summed E-state index contributed by atoms with van der Waals surface area (Å²) < 4.78 is 0. The van der Waals surface area contributed by atoms with Gasteiger partial charge in [0.15, 0.2) is 0 Å². The summed E-state index contributed by atoms with van der Waals surface area (Å²) in [6.07, 6.45) is 3.36. The fourth-order valence-electron chi connectivity index (χ4n) is 1.79. The molecule has 0 saturated heterocycles. The third kappa shape index (κ3) is 3.95. The Morgan fingerprint density at radius 2 is 2.14 bits per heavy atom. The second-order valence-electron chi connectivity index (χ2n) is 4.70. The van der Waals surface area contributed by atoms with Crippen LogP contribution < -0.4 is 5.32 Å². The van der Waals surface area contributed by atoms with Crippen molar-refractivity contribution in [3.8, 4) is 0 Å². The van der Waals surface area contributed by atoms with Gasteiger partial charge in [-0.1, -0.05) is 23.9 Å². The molecule has 0 aliphatic heterocycles. The number of carbonyl (C=O) groups is 1. The van der Waals surface area contributed by atoms with E-state index in [1.54, 1.807) is 24.4 Å². The fraction of sp³-hybridized carbons (Fsp3) is 0.176. The predicted molar refractivity (Wildman–Crippen MR) is 86.8 cm³/mol. The highest BCUT2D eigenvalue weighted by Crippen LogP contribution is 2.29. The number of rotatable bonds is 5. The Labute approximate surface area is 129 Å². The van der Waals surface area contributed by atoms with Crippen molar-refractivity contribution in [2.45, 2.75) is 23.8 Å². The minimum atomic E-state index is -0.130. The van der Waals surface area contributed by atoms with Gasteiger partial charge in [0.25, 0.3) is 5.91 Å². The van der Waals surface area contributed by atoms with Gasteiger partial charge in [0.1, 0.15) is 5.03 Å². The van der Waals surface area contributed by atoms with Gasteiger partial charge in [-0.05, 0) is 49.2 Å². The normalized spacial score (nSPS) is 10.2. The molecule has 0 aliphatic carbocycles. The average Bonchev–Trinajstić information content (AvgIpc) is 2.49. The third-order valence-corrected chi connectivity index (χ3v) is 4.12. The molecule has 21 heavy (non-hydrogen) atoms. The molecule has 2 aromatic rings. The number of nitrogens with zero attached hydrogens (tertiary/aromatic N) is 1. The van der Waals surface area contributed by atoms with Crippen molar-refractivity contribution in [1.82, 2.24) is 10.3 Å². The van der Waals surface area contributed by atoms with Gasteiger partial charge in [0.05, 0.1) is 5.56 Å². The minimum Gasteiger partial charge on any atom is -0.348 e. The predicted octanol–water partition coefficient (Wildman–Crippen LogP) is 3.77. The van der Waals surface area contributed by atoms with Crippen LogP contribution in [0.2, 0.25) is 0 Å². The second-order valence-corrected chi connectivity index (χ2v) is 5.77. The Kier molecular flexibility index (Phi) is 5.17. The largest absolute Gasteiger partial charge is 0.348 e. The molecule has 1 heterocycles. The molecule has 1 N–H and O–H groups in total.